The third-order valence-corrected chi connectivity index (χ3v) is 4.78. The van der Waals surface area contributed by atoms with Crippen molar-refractivity contribution in [2.75, 3.05) is 13.2 Å². The Bertz CT molecular complexity index is 713. The number of nitrogens with zero attached hydrogens (tertiary/aromatic N) is 1. The van der Waals surface area contributed by atoms with Crippen LogP contribution in [0.3, 0.4) is 0 Å². The lowest BCUT2D eigenvalue weighted by Crippen LogP contribution is -2.64. The Kier molecular flexibility index (Phi) is 3.64. The van der Waals surface area contributed by atoms with Crippen molar-refractivity contribution < 1.29 is 18.9 Å². The molecule has 2 bridgehead atoms. The highest BCUT2D eigenvalue weighted by Crippen LogP contribution is 2.39. The number of nitrogens with one attached hydrogen (secondary N) is 1. The molecule has 1 aromatic heterocycles. The van der Waals surface area contributed by atoms with Crippen LogP contribution in [0, 0.1) is 6.92 Å². The van der Waals surface area contributed by atoms with Gasteiger partial charge >= 0.3 is 5.69 Å². The molecule has 8 heteroatoms. The normalized spacial score (nSPS) is 39.7. The van der Waals surface area contributed by atoms with Gasteiger partial charge in [0.05, 0.1) is 18.8 Å². The SMILES string of the molecule is Cc1cn(C2C3CCOC2C2OC(C)OCC2O3)c(=O)[nH]c1=O. The van der Waals surface area contributed by atoms with Crippen LogP contribution >= 0.6 is 0 Å². The van der Waals surface area contributed by atoms with Crippen molar-refractivity contribution in [3.8, 4) is 0 Å². The van der Waals surface area contributed by atoms with E-state index in [4.69, 9.17) is 18.9 Å². The van der Waals surface area contributed by atoms with Crippen molar-refractivity contribution in [2.45, 2.75) is 57.0 Å². The van der Waals surface area contributed by atoms with Crippen molar-refractivity contribution >= 4 is 0 Å². The summed E-state index contributed by atoms with van der Waals surface area (Å²) in [4.78, 5) is 26.2. The quantitative estimate of drug-likeness (QED) is 0.763. The minimum absolute atomic E-state index is 0.168. The number of fused-ring (bicyclic) bond motifs is 4. The Morgan fingerprint density at radius 1 is 1.17 bits per heavy atom. The number of H-pyrrole nitrogens is 1. The maximum Gasteiger partial charge on any atom is 0.328 e. The molecule has 3 saturated heterocycles. The molecule has 4 rings (SSSR count). The van der Waals surface area contributed by atoms with Crippen LogP contribution in [0.4, 0.5) is 0 Å². The van der Waals surface area contributed by atoms with E-state index >= 15 is 0 Å². The van der Waals surface area contributed by atoms with Crippen molar-refractivity contribution in [1.82, 2.24) is 9.55 Å². The molecule has 4 heterocycles. The highest BCUT2D eigenvalue weighted by Gasteiger charge is 2.52. The minimum atomic E-state index is -0.451. The van der Waals surface area contributed by atoms with Crippen molar-refractivity contribution in [3.63, 3.8) is 0 Å². The van der Waals surface area contributed by atoms with Crippen LogP contribution in [0.15, 0.2) is 15.8 Å². The second-order valence-electron chi connectivity index (χ2n) is 6.31. The minimum Gasteiger partial charge on any atom is -0.373 e. The van der Waals surface area contributed by atoms with E-state index in [-0.39, 0.29) is 42.3 Å². The van der Waals surface area contributed by atoms with Crippen LogP contribution in [-0.4, -0.2) is 53.5 Å². The van der Waals surface area contributed by atoms with Gasteiger partial charge in [-0.3, -0.25) is 14.3 Å². The number of hydrogen-bond donors (Lipinski definition) is 1. The predicted octanol–water partition coefficient (Wildman–Crippen LogP) is -0.296. The first-order valence-corrected chi connectivity index (χ1v) is 7.91. The van der Waals surface area contributed by atoms with Gasteiger partial charge < -0.3 is 18.9 Å². The molecule has 0 saturated carbocycles. The maximum atomic E-state index is 12.3. The molecule has 1 aromatic rings. The number of aromatic amines is 1. The first-order chi connectivity index (χ1) is 11.0. The fraction of sp³-hybridized carbons (Fsp3) is 0.733. The van der Waals surface area contributed by atoms with Gasteiger partial charge in [-0.15, -0.1) is 0 Å². The van der Waals surface area contributed by atoms with E-state index in [1.54, 1.807) is 13.1 Å². The molecule has 23 heavy (non-hydrogen) atoms. The number of ether oxygens (including phenoxy) is 4. The average molecular weight is 324 g/mol. The summed E-state index contributed by atoms with van der Waals surface area (Å²) in [5.74, 6) is 0. The molecule has 0 spiro atoms. The van der Waals surface area contributed by atoms with Crippen molar-refractivity contribution in [3.05, 3.63) is 32.6 Å². The zero-order chi connectivity index (χ0) is 16.1. The van der Waals surface area contributed by atoms with Gasteiger partial charge in [0.2, 0.25) is 0 Å². The van der Waals surface area contributed by atoms with Crippen LogP contribution in [-0.2, 0) is 18.9 Å². The number of rotatable bonds is 1. The zero-order valence-corrected chi connectivity index (χ0v) is 13.1. The van der Waals surface area contributed by atoms with Crippen LogP contribution in [0.5, 0.6) is 0 Å². The summed E-state index contributed by atoms with van der Waals surface area (Å²) < 4.78 is 24.9. The monoisotopic (exact) mass is 324 g/mol. The predicted molar refractivity (Wildman–Crippen MR) is 78.4 cm³/mol. The fourth-order valence-electron chi connectivity index (χ4n) is 3.69. The zero-order valence-electron chi connectivity index (χ0n) is 13.1. The smallest absolute Gasteiger partial charge is 0.328 e. The van der Waals surface area contributed by atoms with Gasteiger partial charge in [-0.1, -0.05) is 0 Å². The van der Waals surface area contributed by atoms with E-state index in [1.165, 1.54) is 4.57 Å². The molecule has 0 radical (unpaired) electrons. The summed E-state index contributed by atoms with van der Waals surface area (Å²) in [5.41, 5.74) is -0.345. The molecule has 0 aliphatic carbocycles. The summed E-state index contributed by atoms with van der Waals surface area (Å²) in [6.07, 6.45) is 0.964. The van der Waals surface area contributed by atoms with E-state index in [0.29, 0.717) is 25.2 Å². The lowest BCUT2D eigenvalue weighted by atomic mass is 9.88. The first kappa shape index (κ1) is 15.1. The standard InChI is InChI=1S/C15H20N2O6/c1-7-5-17(15(19)16-14(7)18)11-9-3-4-20-13(11)12-10(23-9)6-21-8(2)22-12/h5,8-13H,3-4,6H2,1-2H3,(H,16,18,19). The molecule has 8 nitrogen and oxygen atoms in total. The van der Waals surface area contributed by atoms with Gasteiger partial charge in [0.25, 0.3) is 5.56 Å². The fourth-order valence-corrected chi connectivity index (χ4v) is 3.69. The summed E-state index contributed by atoms with van der Waals surface area (Å²) >= 11 is 0. The Balaban J connectivity index is 1.75. The third kappa shape index (κ3) is 2.46. The molecule has 3 fully saturated rings. The molecule has 3 aliphatic rings. The van der Waals surface area contributed by atoms with Crippen LogP contribution in [0.2, 0.25) is 0 Å². The summed E-state index contributed by atoms with van der Waals surface area (Å²) in [7, 11) is 0. The molecule has 126 valence electrons. The average Bonchev–Trinajstić information content (AvgIpc) is 2.51. The Labute approximate surface area is 132 Å². The Morgan fingerprint density at radius 2 is 2.00 bits per heavy atom. The molecule has 3 aliphatic heterocycles. The number of hydrogen-bond acceptors (Lipinski definition) is 6. The maximum absolute atomic E-state index is 12.3. The van der Waals surface area contributed by atoms with Gasteiger partial charge in [-0.05, 0) is 20.3 Å². The first-order valence-electron chi connectivity index (χ1n) is 7.91. The highest BCUT2D eigenvalue weighted by atomic mass is 16.7. The van der Waals surface area contributed by atoms with Gasteiger partial charge in [0, 0.05) is 18.4 Å². The van der Waals surface area contributed by atoms with Crippen LogP contribution in [0.25, 0.3) is 0 Å². The summed E-state index contributed by atoms with van der Waals surface area (Å²) in [5, 5.41) is 0. The van der Waals surface area contributed by atoms with Gasteiger partial charge in [0.1, 0.15) is 18.3 Å². The van der Waals surface area contributed by atoms with Gasteiger partial charge in [0.15, 0.2) is 6.29 Å². The molecule has 0 aromatic carbocycles. The summed E-state index contributed by atoms with van der Waals surface area (Å²) in [6, 6.07) is -0.321. The number of aryl methyl sites for hydroxylation is 1. The Hall–Kier alpha value is -1.48. The molecular formula is C15H20N2O6. The van der Waals surface area contributed by atoms with E-state index in [9.17, 15) is 9.59 Å². The molecule has 6 atom stereocenters. The van der Waals surface area contributed by atoms with E-state index in [1.807, 2.05) is 6.92 Å². The second-order valence-corrected chi connectivity index (χ2v) is 6.31. The van der Waals surface area contributed by atoms with E-state index in [0.717, 1.165) is 0 Å². The van der Waals surface area contributed by atoms with Crippen LogP contribution in [0.1, 0.15) is 24.9 Å². The van der Waals surface area contributed by atoms with E-state index in [2.05, 4.69) is 4.98 Å². The molecule has 6 unspecified atom stereocenters. The largest absolute Gasteiger partial charge is 0.373 e. The topological polar surface area (TPSA) is 91.8 Å². The van der Waals surface area contributed by atoms with Crippen molar-refractivity contribution in [1.29, 1.82) is 0 Å². The molecule has 1 N–H and O–H groups in total. The van der Waals surface area contributed by atoms with E-state index < -0.39 is 5.69 Å². The van der Waals surface area contributed by atoms with Gasteiger partial charge in [-0.25, -0.2) is 4.79 Å². The number of aromatic nitrogens is 2. The van der Waals surface area contributed by atoms with Gasteiger partial charge in [-0.2, -0.15) is 0 Å². The third-order valence-electron chi connectivity index (χ3n) is 4.78. The molecular weight excluding hydrogens is 304 g/mol. The van der Waals surface area contributed by atoms with Crippen LogP contribution < -0.4 is 11.2 Å². The summed E-state index contributed by atoms with van der Waals surface area (Å²) in [6.45, 7) is 4.51. The molecule has 0 amide bonds. The second kappa shape index (κ2) is 5.55. The lowest BCUT2D eigenvalue weighted by Gasteiger charge is -2.51. The highest BCUT2D eigenvalue weighted by molar-refractivity contribution is 5.07. The van der Waals surface area contributed by atoms with Crippen molar-refractivity contribution in [2.24, 2.45) is 0 Å². The lowest BCUT2D eigenvalue weighted by molar-refractivity contribution is -0.329. The Morgan fingerprint density at radius 3 is 2.83 bits per heavy atom.